The fourth-order valence-corrected chi connectivity index (χ4v) is 1.84. The predicted molar refractivity (Wildman–Crippen MR) is 69.7 cm³/mol. The lowest BCUT2D eigenvalue weighted by atomic mass is 9.96. The van der Waals surface area contributed by atoms with E-state index in [9.17, 15) is 15.0 Å². The van der Waals surface area contributed by atoms with Gasteiger partial charge in [-0.05, 0) is 12.1 Å². The number of nitrogens with one attached hydrogen (secondary N) is 1. The molecular formula is C13H8N4O3. The first-order valence-electron chi connectivity index (χ1n) is 5.38. The first kappa shape index (κ1) is 13.0. The van der Waals surface area contributed by atoms with Crippen molar-refractivity contribution in [3.63, 3.8) is 0 Å². The highest BCUT2D eigenvalue weighted by atomic mass is 16.3. The summed E-state index contributed by atoms with van der Waals surface area (Å²) in [5.41, 5.74) is 4.34. The lowest BCUT2D eigenvalue weighted by Crippen LogP contribution is -2.16. The summed E-state index contributed by atoms with van der Waals surface area (Å²) in [5.74, 6) is -0.761. The summed E-state index contributed by atoms with van der Waals surface area (Å²) < 4.78 is 0. The summed E-state index contributed by atoms with van der Waals surface area (Å²) in [7, 11) is 0. The molecule has 1 aromatic carbocycles. The molecule has 0 aliphatic rings. The smallest absolute Gasteiger partial charge is 0.268 e. The highest BCUT2D eigenvalue weighted by Gasteiger charge is 2.20. The number of nitrogens with zero attached hydrogens (tertiary/aromatic N) is 2. The third-order valence-corrected chi connectivity index (χ3v) is 2.72. The maximum absolute atomic E-state index is 11.7. The molecule has 0 saturated carbocycles. The van der Waals surface area contributed by atoms with Crippen molar-refractivity contribution in [1.82, 2.24) is 4.98 Å². The van der Waals surface area contributed by atoms with Gasteiger partial charge in [-0.25, -0.2) is 0 Å². The van der Waals surface area contributed by atoms with Crippen LogP contribution >= 0.6 is 0 Å². The van der Waals surface area contributed by atoms with Crippen LogP contribution in [0.1, 0.15) is 11.1 Å². The van der Waals surface area contributed by atoms with Crippen LogP contribution in [0.2, 0.25) is 0 Å². The zero-order valence-corrected chi connectivity index (χ0v) is 10.0. The number of nitrogen functional groups attached to an aromatic ring is 1. The number of hydrogen-bond donors (Lipinski definition) is 4. The monoisotopic (exact) mass is 268 g/mol. The Balaban J connectivity index is 2.97. The Morgan fingerprint density at radius 3 is 2.35 bits per heavy atom. The average molecular weight is 268 g/mol. The van der Waals surface area contributed by atoms with Gasteiger partial charge in [-0.15, -0.1) is 0 Å². The first-order chi connectivity index (χ1) is 9.49. The van der Waals surface area contributed by atoms with Gasteiger partial charge in [0.25, 0.3) is 5.56 Å². The van der Waals surface area contributed by atoms with E-state index in [-0.39, 0.29) is 39.6 Å². The molecule has 98 valence electrons. The lowest BCUT2D eigenvalue weighted by molar-refractivity contribution is 0.452. The molecule has 0 saturated heterocycles. The summed E-state index contributed by atoms with van der Waals surface area (Å²) in [6.45, 7) is 0. The average Bonchev–Trinajstić information content (AvgIpc) is 2.38. The van der Waals surface area contributed by atoms with E-state index in [1.165, 1.54) is 12.1 Å². The molecule has 0 fully saturated rings. The largest absolute Gasteiger partial charge is 0.508 e. The molecule has 0 bridgehead atoms. The van der Waals surface area contributed by atoms with Gasteiger partial charge in [0.05, 0.1) is 0 Å². The van der Waals surface area contributed by atoms with Crippen LogP contribution in [0.5, 0.6) is 11.5 Å². The number of hydrogen-bond acceptors (Lipinski definition) is 6. The highest BCUT2D eigenvalue weighted by Crippen LogP contribution is 2.36. The summed E-state index contributed by atoms with van der Waals surface area (Å²) in [5, 5.41) is 37.3. The number of H-pyrrole nitrogens is 1. The molecule has 20 heavy (non-hydrogen) atoms. The minimum atomic E-state index is -0.758. The quantitative estimate of drug-likeness (QED) is 0.600. The second-order valence-corrected chi connectivity index (χ2v) is 3.92. The molecule has 0 atom stereocenters. The zero-order valence-electron chi connectivity index (χ0n) is 10.0. The second-order valence-electron chi connectivity index (χ2n) is 3.92. The molecule has 1 heterocycles. The second kappa shape index (κ2) is 4.67. The Labute approximate surface area is 112 Å². The van der Waals surface area contributed by atoms with E-state index in [4.69, 9.17) is 16.3 Å². The van der Waals surface area contributed by atoms with Gasteiger partial charge in [0.1, 0.15) is 40.6 Å². The molecule has 1 aromatic heterocycles. The zero-order chi connectivity index (χ0) is 14.9. The molecule has 5 N–H and O–H groups in total. The van der Waals surface area contributed by atoms with Gasteiger partial charge in [0.15, 0.2) is 0 Å². The Morgan fingerprint density at radius 1 is 1.15 bits per heavy atom. The number of nitriles is 2. The number of aromatic hydroxyl groups is 2. The maximum Gasteiger partial charge on any atom is 0.268 e. The van der Waals surface area contributed by atoms with Gasteiger partial charge < -0.3 is 20.9 Å². The van der Waals surface area contributed by atoms with E-state index in [0.29, 0.717) is 0 Å². The van der Waals surface area contributed by atoms with Crippen LogP contribution in [0, 0.1) is 22.7 Å². The summed E-state index contributed by atoms with van der Waals surface area (Å²) in [4.78, 5) is 13.9. The lowest BCUT2D eigenvalue weighted by Gasteiger charge is -2.10. The molecule has 0 unspecified atom stereocenters. The Hall–Kier alpha value is -3.45. The van der Waals surface area contributed by atoms with Crippen LogP contribution in [-0.2, 0) is 0 Å². The highest BCUT2D eigenvalue weighted by molar-refractivity contribution is 5.83. The van der Waals surface area contributed by atoms with Crippen molar-refractivity contribution in [2.24, 2.45) is 0 Å². The number of rotatable bonds is 1. The van der Waals surface area contributed by atoms with E-state index < -0.39 is 5.56 Å². The fraction of sp³-hybridized carbons (Fsp3) is 0. The van der Waals surface area contributed by atoms with E-state index in [2.05, 4.69) is 4.98 Å². The van der Waals surface area contributed by atoms with Crippen molar-refractivity contribution in [3.05, 3.63) is 39.7 Å². The minimum absolute atomic E-state index is 0.0613. The van der Waals surface area contributed by atoms with Crippen molar-refractivity contribution in [1.29, 1.82) is 10.5 Å². The number of aromatic amines is 1. The van der Waals surface area contributed by atoms with Gasteiger partial charge in [-0.1, -0.05) is 0 Å². The number of pyridine rings is 1. The molecule has 7 nitrogen and oxygen atoms in total. The predicted octanol–water partition coefficient (Wildman–Crippen LogP) is 0.779. The van der Waals surface area contributed by atoms with Crippen molar-refractivity contribution in [2.45, 2.75) is 0 Å². The van der Waals surface area contributed by atoms with Crippen LogP contribution in [0.15, 0.2) is 23.0 Å². The number of nitrogens with two attached hydrogens (primary N) is 1. The van der Waals surface area contributed by atoms with Crippen LogP contribution in [0.25, 0.3) is 11.1 Å². The van der Waals surface area contributed by atoms with Crippen molar-refractivity contribution in [2.75, 3.05) is 5.73 Å². The normalized spacial score (nSPS) is 9.70. The summed E-state index contributed by atoms with van der Waals surface area (Å²) >= 11 is 0. The Kier molecular flexibility index (Phi) is 3.03. The molecule has 0 radical (unpaired) electrons. The first-order valence-corrected chi connectivity index (χ1v) is 5.38. The van der Waals surface area contributed by atoms with Gasteiger partial charge in [-0.3, -0.25) is 4.79 Å². The number of aromatic nitrogens is 1. The minimum Gasteiger partial charge on any atom is -0.508 e. The fourth-order valence-electron chi connectivity index (χ4n) is 1.84. The number of phenolic OH excluding ortho intramolecular Hbond substituents is 2. The third-order valence-electron chi connectivity index (χ3n) is 2.72. The van der Waals surface area contributed by atoms with Crippen molar-refractivity contribution in [3.8, 4) is 34.8 Å². The van der Waals surface area contributed by atoms with Crippen LogP contribution in [-0.4, -0.2) is 15.2 Å². The van der Waals surface area contributed by atoms with Crippen LogP contribution < -0.4 is 11.3 Å². The SMILES string of the molecule is N#Cc1c(N)[nH]c(=O)c(C#N)c1-c1ccc(O)cc1O. The standard InChI is InChI=1S/C13H8N4O3/c14-4-8-11(7-2-1-6(18)3-10(7)19)9(5-15)13(20)17-12(8)16/h1-3,18-19H,(H3,16,17,20). The van der Waals surface area contributed by atoms with Gasteiger partial charge in [0.2, 0.25) is 0 Å². The van der Waals surface area contributed by atoms with E-state index in [0.717, 1.165) is 6.07 Å². The number of anilines is 1. The van der Waals surface area contributed by atoms with Crippen molar-refractivity contribution < 1.29 is 10.2 Å². The molecule has 0 amide bonds. The molecular weight excluding hydrogens is 260 g/mol. The Morgan fingerprint density at radius 2 is 1.80 bits per heavy atom. The van der Waals surface area contributed by atoms with Gasteiger partial charge in [-0.2, -0.15) is 10.5 Å². The summed E-state index contributed by atoms with van der Waals surface area (Å²) in [6.07, 6.45) is 0. The molecule has 0 aliphatic carbocycles. The van der Waals surface area contributed by atoms with Gasteiger partial charge in [0, 0.05) is 17.2 Å². The molecule has 2 aromatic rings. The topological polar surface area (TPSA) is 147 Å². The van der Waals surface area contributed by atoms with E-state index >= 15 is 0 Å². The maximum atomic E-state index is 11.7. The molecule has 0 spiro atoms. The molecule has 7 heteroatoms. The number of benzene rings is 1. The third kappa shape index (κ3) is 1.89. The molecule has 2 rings (SSSR count). The molecule has 0 aliphatic heterocycles. The summed E-state index contributed by atoms with van der Waals surface area (Å²) in [6, 6.07) is 7.06. The van der Waals surface area contributed by atoms with Crippen LogP contribution in [0.4, 0.5) is 5.82 Å². The van der Waals surface area contributed by atoms with Crippen LogP contribution in [0.3, 0.4) is 0 Å². The van der Waals surface area contributed by atoms with Crippen molar-refractivity contribution >= 4 is 5.82 Å². The number of phenols is 2. The van der Waals surface area contributed by atoms with E-state index in [1.54, 1.807) is 12.1 Å². The van der Waals surface area contributed by atoms with Gasteiger partial charge >= 0.3 is 0 Å². The Bertz CT molecular complexity index is 840. The van der Waals surface area contributed by atoms with E-state index in [1.807, 2.05) is 0 Å².